The Labute approximate surface area is 101 Å². The average Bonchev–Trinajstić information content (AvgIpc) is 2.57. The van der Waals surface area contributed by atoms with Gasteiger partial charge in [-0.15, -0.1) is 0 Å². The van der Waals surface area contributed by atoms with Crippen LogP contribution in [0.3, 0.4) is 0 Å². The second-order valence-corrected chi connectivity index (χ2v) is 5.35. The van der Waals surface area contributed by atoms with E-state index in [-0.39, 0.29) is 0 Å². The van der Waals surface area contributed by atoms with Crippen molar-refractivity contribution in [1.82, 2.24) is 10.2 Å². The van der Waals surface area contributed by atoms with Gasteiger partial charge >= 0.3 is 0 Å². The highest BCUT2D eigenvalue weighted by Crippen LogP contribution is 2.27. The predicted molar refractivity (Wildman–Crippen MR) is 68.9 cm³/mol. The van der Waals surface area contributed by atoms with Crippen molar-refractivity contribution >= 4 is 0 Å². The van der Waals surface area contributed by atoms with Crippen LogP contribution in [0, 0.1) is 0 Å². The summed E-state index contributed by atoms with van der Waals surface area (Å²) in [5, 5.41) is 3.39. The Morgan fingerprint density at radius 3 is 2.69 bits per heavy atom. The van der Waals surface area contributed by atoms with Gasteiger partial charge in [0.1, 0.15) is 0 Å². The van der Waals surface area contributed by atoms with Crippen LogP contribution < -0.4 is 5.32 Å². The van der Waals surface area contributed by atoms with E-state index in [1.807, 2.05) is 0 Å². The molecule has 0 unspecified atom stereocenters. The summed E-state index contributed by atoms with van der Waals surface area (Å²) < 4.78 is 4.99. The van der Waals surface area contributed by atoms with Crippen LogP contribution in [0.15, 0.2) is 0 Å². The van der Waals surface area contributed by atoms with Crippen molar-refractivity contribution in [2.45, 2.75) is 45.1 Å². The largest absolute Gasteiger partial charge is 0.383 e. The Bertz CT molecular complexity index is 183. The van der Waals surface area contributed by atoms with Crippen LogP contribution in [0.4, 0.5) is 0 Å². The summed E-state index contributed by atoms with van der Waals surface area (Å²) in [7, 11) is 1.75. The number of hydrogen-bond donors (Lipinski definition) is 1. The quantitative estimate of drug-likeness (QED) is 0.642. The molecule has 0 spiro atoms. The van der Waals surface area contributed by atoms with E-state index in [0.29, 0.717) is 5.54 Å². The van der Waals surface area contributed by atoms with Gasteiger partial charge in [-0.25, -0.2) is 0 Å². The number of hydrogen-bond acceptors (Lipinski definition) is 3. The second kappa shape index (κ2) is 7.25. The molecule has 16 heavy (non-hydrogen) atoms. The van der Waals surface area contributed by atoms with Gasteiger partial charge in [-0.1, -0.05) is 0 Å². The molecule has 0 aromatic heterocycles. The van der Waals surface area contributed by atoms with Crippen LogP contribution in [0.5, 0.6) is 0 Å². The van der Waals surface area contributed by atoms with Gasteiger partial charge in [0.25, 0.3) is 0 Å². The fraction of sp³-hybridized carbons (Fsp3) is 1.00. The second-order valence-electron chi connectivity index (χ2n) is 5.35. The number of likely N-dealkylation sites (tertiary alicyclic amines) is 1. The molecule has 0 aromatic carbocycles. The molecule has 0 atom stereocenters. The third-order valence-corrected chi connectivity index (χ3v) is 3.59. The van der Waals surface area contributed by atoms with Gasteiger partial charge in [0, 0.05) is 19.2 Å². The number of nitrogens with zero attached hydrogens (tertiary/aromatic N) is 1. The third-order valence-electron chi connectivity index (χ3n) is 3.59. The van der Waals surface area contributed by atoms with E-state index in [4.69, 9.17) is 4.74 Å². The summed E-state index contributed by atoms with van der Waals surface area (Å²) in [5.74, 6) is 0. The van der Waals surface area contributed by atoms with Crippen LogP contribution in [-0.2, 0) is 4.74 Å². The highest BCUT2D eigenvalue weighted by atomic mass is 16.5. The van der Waals surface area contributed by atoms with Gasteiger partial charge < -0.3 is 10.1 Å². The first-order chi connectivity index (χ1) is 7.67. The standard InChI is InChI=1S/C13H28N2O/c1-13(2)7-6-11-15(13)10-5-4-8-14-9-12-16-3/h14H,4-12H2,1-3H3. The minimum Gasteiger partial charge on any atom is -0.383 e. The van der Waals surface area contributed by atoms with E-state index >= 15 is 0 Å². The monoisotopic (exact) mass is 228 g/mol. The van der Waals surface area contributed by atoms with Gasteiger partial charge in [0.05, 0.1) is 6.61 Å². The molecule has 0 bridgehead atoms. The van der Waals surface area contributed by atoms with Crippen molar-refractivity contribution in [3.8, 4) is 0 Å². The van der Waals surface area contributed by atoms with Crippen molar-refractivity contribution < 1.29 is 4.74 Å². The Kier molecular flexibility index (Phi) is 6.32. The van der Waals surface area contributed by atoms with E-state index in [0.717, 1.165) is 19.7 Å². The molecular weight excluding hydrogens is 200 g/mol. The summed E-state index contributed by atoms with van der Waals surface area (Å²) in [4.78, 5) is 2.64. The number of ether oxygens (including phenoxy) is 1. The van der Waals surface area contributed by atoms with Crippen LogP contribution in [0.25, 0.3) is 0 Å². The Balaban J connectivity index is 1.95. The van der Waals surface area contributed by atoms with E-state index in [1.165, 1.54) is 38.8 Å². The lowest BCUT2D eigenvalue weighted by Gasteiger charge is -2.31. The smallest absolute Gasteiger partial charge is 0.0587 e. The molecule has 1 rings (SSSR count). The molecule has 1 N–H and O–H groups in total. The molecule has 0 aliphatic carbocycles. The maximum Gasteiger partial charge on any atom is 0.0587 e. The first-order valence-electron chi connectivity index (χ1n) is 6.61. The molecule has 3 heteroatoms. The summed E-state index contributed by atoms with van der Waals surface area (Å²) in [6, 6.07) is 0. The molecule has 3 nitrogen and oxygen atoms in total. The molecule has 1 saturated heterocycles. The van der Waals surface area contributed by atoms with Gasteiger partial charge in [0.15, 0.2) is 0 Å². The SMILES string of the molecule is COCCNCCCCN1CCCC1(C)C. The van der Waals surface area contributed by atoms with Crippen molar-refractivity contribution in [2.75, 3.05) is 39.9 Å². The van der Waals surface area contributed by atoms with Gasteiger partial charge in [-0.05, 0) is 59.2 Å². The number of nitrogens with one attached hydrogen (secondary N) is 1. The number of rotatable bonds is 8. The minimum absolute atomic E-state index is 0.448. The lowest BCUT2D eigenvalue weighted by Crippen LogP contribution is -2.38. The van der Waals surface area contributed by atoms with Crippen molar-refractivity contribution in [2.24, 2.45) is 0 Å². The van der Waals surface area contributed by atoms with Gasteiger partial charge in [-0.2, -0.15) is 0 Å². The van der Waals surface area contributed by atoms with Gasteiger partial charge in [-0.3, -0.25) is 4.90 Å². The summed E-state index contributed by atoms with van der Waals surface area (Å²) >= 11 is 0. The molecular formula is C13H28N2O. The van der Waals surface area contributed by atoms with Crippen LogP contribution in [-0.4, -0.2) is 50.3 Å². The highest BCUT2D eigenvalue weighted by Gasteiger charge is 2.30. The zero-order chi connectivity index (χ0) is 11.9. The first kappa shape index (κ1) is 13.9. The van der Waals surface area contributed by atoms with Crippen molar-refractivity contribution in [3.63, 3.8) is 0 Å². The van der Waals surface area contributed by atoms with E-state index in [2.05, 4.69) is 24.1 Å². The van der Waals surface area contributed by atoms with E-state index < -0.39 is 0 Å². The third kappa shape index (κ3) is 4.81. The average molecular weight is 228 g/mol. The topological polar surface area (TPSA) is 24.5 Å². The van der Waals surface area contributed by atoms with Crippen molar-refractivity contribution in [3.05, 3.63) is 0 Å². The normalized spacial score (nSPS) is 20.4. The lowest BCUT2D eigenvalue weighted by molar-refractivity contribution is 0.171. The van der Waals surface area contributed by atoms with Crippen LogP contribution >= 0.6 is 0 Å². The predicted octanol–water partition coefficient (Wildman–Crippen LogP) is 1.88. The Morgan fingerprint density at radius 1 is 1.25 bits per heavy atom. The fourth-order valence-corrected chi connectivity index (χ4v) is 2.43. The molecule has 0 amide bonds. The molecule has 96 valence electrons. The molecule has 0 radical (unpaired) electrons. The molecule has 0 saturated carbocycles. The van der Waals surface area contributed by atoms with Crippen molar-refractivity contribution in [1.29, 1.82) is 0 Å². The lowest BCUT2D eigenvalue weighted by atomic mass is 10.0. The molecule has 1 heterocycles. The minimum atomic E-state index is 0.448. The zero-order valence-corrected chi connectivity index (χ0v) is 11.2. The highest BCUT2D eigenvalue weighted by molar-refractivity contribution is 4.87. The Hall–Kier alpha value is -0.120. The molecule has 1 aliphatic heterocycles. The van der Waals surface area contributed by atoms with Crippen LogP contribution in [0.1, 0.15) is 39.5 Å². The van der Waals surface area contributed by atoms with Gasteiger partial charge in [0.2, 0.25) is 0 Å². The molecule has 0 aromatic rings. The van der Waals surface area contributed by atoms with E-state index in [9.17, 15) is 0 Å². The van der Waals surface area contributed by atoms with Crippen LogP contribution in [0.2, 0.25) is 0 Å². The summed E-state index contributed by atoms with van der Waals surface area (Å²) in [6.45, 7) is 10.2. The first-order valence-corrected chi connectivity index (χ1v) is 6.61. The maximum absolute atomic E-state index is 4.99. The number of unbranched alkanes of at least 4 members (excludes halogenated alkanes) is 1. The number of methoxy groups -OCH3 is 1. The molecule has 1 fully saturated rings. The Morgan fingerprint density at radius 2 is 2.06 bits per heavy atom. The fourth-order valence-electron chi connectivity index (χ4n) is 2.43. The summed E-state index contributed by atoms with van der Waals surface area (Å²) in [5.41, 5.74) is 0.448. The summed E-state index contributed by atoms with van der Waals surface area (Å²) in [6.07, 6.45) is 5.32. The zero-order valence-electron chi connectivity index (χ0n) is 11.2. The molecule has 1 aliphatic rings. The maximum atomic E-state index is 4.99. The van der Waals surface area contributed by atoms with E-state index in [1.54, 1.807) is 7.11 Å².